The second-order valence-corrected chi connectivity index (χ2v) is 5.85. The first-order chi connectivity index (χ1) is 10.8. The Bertz CT molecular complexity index is 534. The lowest BCUT2D eigenvalue weighted by Gasteiger charge is -2.25. The SMILES string of the molecule is NC1CCCC(C(=O)NCc2ccccc2OCC(F)(F)F)C1. The number of hydrogen-bond donors (Lipinski definition) is 2. The van der Waals surface area contributed by atoms with Gasteiger partial charge in [0.05, 0.1) is 0 Å². The van der Waals surface area contributed by atoms with E-state index in [2.05, 4.69) is 5.32 Å². The molecule has 2 unspecified atom stereocenters. The lowest BCUT2D eigenvalue weighted by atomic mass is 9.85. The number of ether oxygens (including phenoxy) is 1. The van der Waals surface area contributed by atoms with Gasteiger partial charge in [-0.05, 0) is 25.3 Å². The minimum Gasteiger partial charge on any atom is -0.484 e. The van der Waals surface area contributed by atoms with E-state index in [1.54, 1.807) is 18.2 Å². The fourth-order valence-corrected chi connectivity index (χ4v) is 2.74. The summed E-state index contributed by atoms with van der Waals surface area (Å²) in [5, 5.41) is 2.77. The third-order valence-corrected chi connectivity index (χ3v) is 3.90. The third-order valence-electron chi connectivity index (χ3n) is 3.90. The molecule has 1 fully saturated rings. The average molecular weight is 330 g/mol. The van der Waals surface area contributed by atoms with Crippen molar-refractivity contribution in [2.24, 2.45) is 11.7 Å². The fourth-order valence-electron chi connectivity index (χ4n) is 2.74. The lowest BCUT2D eigenvalue weighted by molar-refractivity contribution is -0.153. The molecule has 0 radical (unpaired) electrons. The molecule has 1 aliphatic carbocycles. The zero-order valence-corrected chi connectivity index (χ0v) is 12.7. The van der Waals surface area contributed by atoms with Gasteiger partial charge >= 0.3 is 6.18 Å². The maximum absolute atomic E-state index is 12.3. The molecule has 0 bridgehead atoms. The lowest BCUT2D eigenvalue weighted by Crippen LogP contribution is -2.37. The van der Waals surface area contributed by atoms with E-state index in [0.717, 1.165) is 19.3 Å². The Balaban J connectivity index is 1.91. The van der Waals surface area contributed by atoms with E-state index < -0.39 is 12.8 Å². The standard InChI is InChI=1S/C16H21F3N2O2/c17-16(18,19)10-23-14-7-2-1-4-12(14)9-21-15(22)11-5-3-6-13(20)8-11/h1-2,4,7,11,13H,3,5-6,8-10,20H2,(H,21,22). The number of nitrogens with one attached hydrogen (secondary N) is 1. The van der Waals surface area contributed by atoms with Crippen LogP contribution in [0.3, 0.4) is 0 Å². The summed E-state index contributed by atoms with van der Waals surface area (Å²) in [5.41, 5.74) is 6.39. The zero-order chi connectivity index (χ0) is 16.9. The Kier molecular flexibility index (Phi) is 5.87. The Morgan fingerprint density at radius 2 is 2.04 bits per heavy atom. The van der Waals surface area contributed by atoms with Crippen molar-refractivity contribution in [3.63, 3.8) is 0 Å². The van der Waals surface area contributed by atoms with Gasteiger partial charge in [-0.1, -0.05) is 24.6 Å². The largest absolute Gasteiger partial charge is 0.484 e. The maximum atomic E-state index is 12.3. The summed E-state index contributed by atoms with van der Waals surface area (Å²) >= 11 is 0. The normalized spacial score (nSPS) is 21.7. The number of carbonyl (C=O) groups excluding carboxylic acids is 1. The van der Waals surface area contributed by atoms with Gasteiger partial charge in [-0.3, -0.25) is 4.79 Å². The van der Waals surface area contributed by atoms with Gasteiger partial charge in [0, 0.05) is 24.1 Å². The van der Waals surface area contributed by atoms with Crippen LogP contribution >= 0.6 is 0 Å². The molecule has 1 aliphatic rings. The van der Waals surface area contributed by atoms with Crippen LogP contribution in [0, 0.1) is 5.92 Å². The second-order valence-electron chi connectivity index (χ2n) is 5.85. The Hall–Kier alpha value is -1.76. The molecule has 4 nitrogen and oxygen atoms in total. The number of hydrogen-bond acceptors (Lipinski definition) is 3. The van der Waals surface area contributed by atoms with Crippen LogP contribution in [0.1, 0.15) is 31.2 Å². The van der Waals surface area contributed by atoms with Crippen molar-refractivity contribution >= 4 is 5.91 Å². The van der Waals surface area contributed by atoms with Gasteiger partial charge in [-0.15, -0.1) is 0 Å². The summed E-state index contributed by atoms with van der Waals surface area (Å²) in [6.07, 6.45) is -1.10. The molecular weight excluding hydrogens is 309 g/mol. The predicted molar refractivity (Wildman–Crippen MR) is 79.8 cm³/mol. The van der Waals surface area contributed by atoms with Crippen molar-refractivity contribution in [3.8, 4) is 5.75 Å². The van der Waals surface area contributed by atoms with Crippen LogP contribution in [0.4, 0.5) is 13.2 Å². The molecule has 1 aromatic rings. The summed E-state index contributed by atoms with van der Waals surface area (Å²) in [7, 11) is 0. The molecule has 1 aromatic carbocycles. The zero-order valence-electron chi connectivity index (χ0n) is 12.7. The number of nitrogens with two attached hydrogens (primary N) is 1. The highest BCUT2D eigenvalue weighted by Crippen LogP contribution is 2.24. The highest BCUT2D eigenvalue weighted by atomic mass is 19.4. The van der Waals surface area contributed by atoms with Gasteiger partial charge in [-0.25, -0.2) is 0 Å². The van der Waals surface area contributed by atoms with E-state index >= 15 is 0 Å². The molecule has 1 amide bonds. The van der Waals surface area contributed by atoms with E-state index in [9.17, 15) is 18.0 Å². The number of para-hydroxylation sites is 1. The van der Waals surface area contributed by atoms with Crippen LogP contribution in [0.25, 0.3) is 0 Å². The highest BCUT2D eigenvalue weighted by Gasteiger charge is 2.29. The van der Waals surface area contributed by atoms with Crippen molar-refractivity contribution in [1.29, 1.82) is 0 Å². The molecule has 0 saturated heterocycles. The fraction of sp³-hybridized carbons (Fsp3) is 0.562. The first kappa shape index (κ1) is 17.6. The Morgan fingerprint density at radius 3 is 2.74 bits per heavy atom. The van der Waals surface area contributed by atoms with Crippen LogP contribution in [-0.2, 0) is 11.3 Å². The summed E-state index contributed by atoms with van der Waals surface area (Å²) < 4.78 is 41.6. The summed E-state index contributed by atoms with van der Waals surface area (Å²) in [6, 6.07) is 6.43. The topological polar surface area (TPSA) is 64.4 Å². The van der Waals surface area contributed by atoms with Crippen molar-refractivity contribution in [2.75, 3.05) is 6.61 Å². The third kappa shape index (κ3) is 5.74. The van der Waals surface area contributed by atoms with Crippen molar-refractivity contribution in [2.45, 2.75) is 44.4 Å². The summed E-state index contributed by atoms with van der Waals surface area (Å²) in [5.74, 6) is -0.0988. The first-order valence-electron chi connectivity index (χ1n) is 7.66. The van der Waals surface area contributed by atoms with E-state index in [-0.39, 0.29) is 30.2 Å². The van der Waals surface area contributed by atoms with E-state index in [0.29, 0.717) is 12.0 Å². The van der Waals surface area contributed by atoms with Gasteiger partial charge in [0.25, 0.3) is 0 Å². The van der Waals surface area contributed by atoms with Crippen LogP contribution in [0.2, 0.25) is 0 Å². The monoisotopic (exact) mass is 330 g/mol. The van der Waals surface area contributed by atoms with Crippen molar-refractivity contribution in [1.82, 2.24) is 5.32 Å². The van der Waals surface area contributed by atoms with Crippen molar-refractivity contribution < 1.29 is 22.7 Å². The van der Waals surface area contributed by atoms with Gasteiger partial charge in [0.15, 0.2) is 6.61 Å². The molecule has 0 aromatic heterocycles. The molecule has 2 rings (SSSR count). The number of halogens is 3. The molecule has 0 spiro atoms. The molecule has 7 heteroatoms. The van der Waals surface area contributed by atoms with Gasteiger partial charge in [-0.2, -0.15) is 13.2 Å². The average Bonchev–Trinajstić information content (AvgIpc) is 2.50. The van der Waals surface area contributed by atoms with Gasteiger partial charge < -0.3 is 15.8 Å². The van der Waals surface area contributed by atoms with Crippen LogP contribution in [0.5, 0.6) is 5.75 Å². The van der Waals surface area contributed by atoms with Crippen molar-refractivity contribution in [3.05, 3.63) is 29.8 Å². The van der Waals surface area contributed by atoms with Gasteiger partial charge in [0.2, 0.25) is 5.91 Å². The number of alkyl halides is 3. The van der Waals surface area contributed by atoms with E-state index in [1.807, 2.05) is 0 Å². The molecule has 23 heavy (non-hydrogen) atoms. The number of carbonyl (C=O) groups is 1. The van der Waals surface area contributed by atoms with E-state index in [4.69, 9.17) is 10.5 Å². The van der Waals surface area contributed by atoms with Crippen LogP contribution < -0.4 is 15.8 Å². The summed E-state index contributed by atoms with van der Waals surface area (Å²) in [4.78, 5) is 12.2. The predicted octanol–water partition coefficient (Wildman–Crippen LogP) is 2.76. The van der Waals surface area contributed by atoms with Gasteiger partial charge in [0.1, 0.15) is 5.75 Å². The van der Waals surface area contributed by atoms with Crippen LogP contribution in [-0.4, -0.2) is 24.7 Å². The number of benzene rings is 1. The molecular formula is C16H21F3N2O2. The number of amides is 1. The molecule has 3 N–H and O–H groups in total. The molecule has 128 valence electrons. The minimum atomic E-state index is -4.39. The second kappa shape index (κ2) is 7.68. The Morgan fingerprint density at radius 1 is 1.30 bits per heavy atom. The number of rotatable bonds is 5. The molecule has 0 heterocycles. The quantitative estimate of drug-likeness (QED) is 0.872. The molecule has 2 atom stereocenters. The molecule has 1 saturated carbocycles. The smallest absolute Gasteiger partial charge is 0.422 e. The van der Waals surface area contributed by atoms with E-state index in [1.165, 1.54) is 6.07 Å². The Labute approximate surface area is 133 Å². The van der Waals surface area contributed by atoms with Crippen LogP contribution in [0.15, 0.2) is 24.3 Å². The highest BCUT2D eigenvalue weighted by molar-refractivity contribution is 5.78. The maximum Gasteiger partial charge on any atom is 0.422 e. The summed E-state index contributed by atoms with van der Waals surface area (Å²) in [6.45, 7) is -1.21. The molecule has 0 aliphatic heterocycles. The minimum absolute atomic E-state index is 0.0434. The first-order valence-corrected chi connectivity index (χ1v) is 7.66.